The molecule has 1 aliphatic heterocycles. The molecule has 140 valence electrons. The molecule has 1 unspecified atom stereocenters. The summed E-state index contributed by atoms with van der Waals surface area (Å²) >= 11 is 1.66. The summed E-state index contributed by atoms with van der Waals surface area (Å²) in [6.45, 7) is 4.05. The summed E-state index contributed by atoms with van der Waals surface area (Å²) in [6, 6.07) is 3.85. The molecular formula is C18H23F2N5S. The van der Waals surface area contributed by atoms with Crippen molar-refractivity contribution in [3.63, 3.8) is 0 Å². The van der Waals surface area contributed by atoms with E-state index in [-0.39, 0.29) is 6.04 Å². The largest absolute Gasteiger partial charge is 0.367 e. The van der Waals surface area contributed by atoms with Gasteiger partial charge in [0.05, 0.1) is 22.9 Å². The predicted octanol–water partition coefficient (Wildman–Crippen LogP) is 2.93. The van der Waals surface area contributed by atoms with Crippen LogP contribution in [-0.2, 0) is 13.0 Å². The SMILES string of the molecule is CCc1nc(CNC(=NC)NC2CCN(c3ccc(F)cc3F)C2)cs1. The summed E-state index contributed by atoms with van der Waals surface area (Å²) < 4.78 is 27.0. The zero-order chi connectivity index (χ0) is 18.5. The van der Waals surface area contributed by atoms with Gasteiger partial charge >= 0.3 is 0 Å². The van der Waals surface area contributed by atoms with Crippen LogP contribution in [0.4, 0.5) is 14.5 Å². The van der Waals surface area contributed by atoms with Gasteiger partial charge in [0, 0.05) is 37.6 Å². The van der Waals surface area contributed by atoms with Crippen molar-refractivity contribution in [3.8, 4) is 0 Å². The standard InChI is InChI=1S/C18H23F2N5S/c1-3-17-23-14(11-26-17)9-22-18(21-2)24-13-6-7-25(10-13)16-5-4-12(19)8-15(16)20/h4-5,8,11,13H,3,6-7,9-10H2,1-2H3,(H2,21,22,24). The number of thiazole rings is 1. The highest BCUT2D eigenvalue weighted by Crippen LogP contribution is 2.24. The Kier molecular flexibility index (Phi) is 6.03. The second kappa shape index (κ2) is 8.44. The molecular weight excluding hydrogens is 356 g/mol. The average Bonchev–Trinajstić information content (AvgIpc) is 3.27. The maximum Gasteiger partial charge on any atom is 0.191 e. The molecule has 1 aromatic heterocycles. The Balaban J connectivity index is 1.53. The van der Waals surface area contributed by atoms with E-state index < -0.39 is 11.6 Å². The Morgan fingerprint density at radius 2 is 2.27 bits per heavy atom. The number of hydrogen-bond donors (Lipinski definition) is 2. The molecule has 1 atom stereocenters. The molecule has 0 amide bonds. The van der Waals surface area contributed by atoms with Crippen LogP contribution in [0.25, 0.3) is 0 Å². The number of nitrogens with one attached hydrogen (secondary N) is 2. The van der Waals surface area contributed by atoms with Crippen LogP contribution in [-0.4, -0.2) is 37.1 Å². The van der Waals surface area contributed by atoms with Crippen molar-refractivity contribution in [2.24, 2.45) is 4.99 Å². The molecule has 26 heavy (non-hydrogen) atoms. The first-order valence-electron chi connectivity index (χ1n) is 8.69. The van der Waals surface area contributed by atoms with Crippen LogP contribution >= 0.6 is 11.3 Å². The predicted molar refractivity (Wildman–Crippen MR) is 102 cm³/mol. The van der Waals surface area contributed by atoms with Gasteiger partial charge in [0.2, 0.25) is 0 Å². The van der Waals surface area contributed by atoms with Crippen molar-refractivity contribution in [2.45, 2.75) is 32.4 Å². The molecule has 1 fully saturated rings. The number of aliphatic imine (C=N–C) groups is 1. The molecule has 2 aromatic rings. The maximum atomic E-state index is 14.0. The lowest BCUT2D eigenvalue weighted by Crippen LogP contribution is -2.44. The van der Waals surface area contributed by atoms with E-state index in [1.54, 1.807) is 18.4 Å². The summed E-state index contributed by atoms with van der Waals surface area (Å²) in [7, 11) is 1.72. The quantitative estimate of drug-likeness (QED) is 0.620. The van der Waals surface area contributed by atoms with Gasteiger partial charge in [-0.1, -0.05) is 6.92 Å². The molecule has 1 aliphatic rings. The molecule has 1 aromatic carbocycles. The van der Waals surface area contributed by atoms with Gasteiger partial charge in [-0.25, -0.2) is 13.8 Å². The number of anilines is 1. The van der Waals surface area contributed by atoms with Crippen molar-refractivity contribution in [1.29, 1.82) is 0 Å². The Hall–Kier alpha value is -2.22. The average molecular weight is 379 g/mol. The number of aryl methyl sites for hydroxylation is 1. The second-order valence-corrected chi connectivity index (χ2v) is 7.13. The van der Waals surface area contributed by atoms with E-state index in [2.05, 4.69) is 27.5 Å². The fourth-order valence-corrected chi connectivity index (χ4v) is 3.73. The summed E-state index contributed by atoms with van der Waals surface area (Å²) in [4.78, 5) is 10.7. The lowest BCUT2D eigenvalue weighted by molar-refractivity contribution is 0.580. The third-order valence-corrected chi connectivity index (χ3v) is 5.38. The number of hydrogen-bond acceptors (Lipinski definition) is 4. The fourth-order valence-electron chi connectivity index (χ4n) is 2.99. The topological polar surface area (TPSA) is 52.6 Å². The highest BCUT2D eigenvalue weighted by Gasteiger charge is 2.25. The van der Waals surface area contributed by atoms with Crippen LogP contribution in [0.5, 0.6) is 0 Å². The Bertz CT molecular complexity index is 777. The van der Waals surface area contributed by atoms with Crippen molar-refractivity contribution in [3.05, 3.63) is 45.9 Å². The molecule has 0 saturated carbocycles. The van der Waals surface area contributed by atoms with E-state index in [4.69, 9.17) is 0 Å². The summed E-state index contributed by atoms with van der Waals surface area (Å²) in [5.74, 6) is -0.385. The van der Waals surface area contributed by atoms with E-state index in [9.17, 15) is 8.78 Å². The lowest BCUT2D eigenvalue weighted by Gasteiger charge is -2.20. The number of rotatable bonds is 5. The van der Waals surface area contributed by atoms with Gasteiger partial charge in [-0.15, -0.1) is 11.3 Å². The lowest BCUT2D eigenvalue weighted by atomic mass is 10.2. The van der Waals surface area contributed by atoms with Crippen LogP contribution in [0.2, 0.25) is 0 Å². The molecule has 3 rings (SSSR count). The molecule has 0 bridgehead atoms. The van der Waals surface area contributed by atoms with Gasteiger partial charge in [-0.3, -0.25) is 4.99 Å². The molecule has 5 nitrogen and oxygen atoms in total. The first-order chi connectivity index (χ1) is 12.6. The number of guanidine groups is 1. The zero-order valence-electron chi connectivity index (χ0n) is 14.9. The fraction of sp³-hybridized carbons (Fsp3) is 0.444. The molecule has 2 heterocycles. The van der Waals surface area contributed by atoms with Crippen molar-refractivity contribution in [1.82, 2.24) is 15.6 Å². The van der Waals surface area contributed by atoms with Crippen LogP contribution < -0.4 is 15.5 Å². The van der Waals surface area contributed by atoms with Crippen LogP contribution in [0.15, 0.2) is 28.6 Å². The zero-order valence-corrected chi connectivity index (χ0v) is 15.7. The minimum absolute atomic E-state index is 0.146. The van der Waals surface area contributed by atoms with Gasteiger partial charge in [-0.2, -0.15) is 0 Å². The van der Waals surface area contributed by atoms with E-state index >= 15 is 0 Å². The number of benzene rings is 1. The highest BCUT2D eigenvalue weighted by atomic mass is 32.1. The van der Waals surface area contributed by atoms with Crippen LogP contribution in [0, 0.1) is 11.6 Å². The van der Waals surface area contributed by atoms with Gasteiger partial charge in [0.25, 0.3) is 0 Å². The van der Waals surface area contributed by atoms with Gasteiger partial charge in [0.1, 0.15) is 11.6 Å². The molecule has 1 saturated heterocycles. The Morgan fingerprint density at radius 1 is 1.42 bits per heavy atom. The minimum atomic E-state index is -0.557. The second-order valence-electron chi connectivity index (χ2n) is 6.18. The number of nitrogens with zero attached hydrogens (tertiary/aromatic N) is 3. The van der Waals surface area contributed by atoms with Gasteiger partial charge in [-0.05, 0) is 25.0 Å². The van der Waals surface area contributed by atoms with Crippen molar-refractivity contribution < 1.29 is 8.78 Å². The summed E-state index contributed by atoms with van der Waals surface area (Å²) in [5.41, 5.74) is 1.43. The molecule has 0 spiro atoms. The van der Waals surface area contributed by atoms with E-state index in [1.165, 1.54) is 12.1 Å². The van der Waals surface area contributed by atoms with Gasteiger partial charge in [0.15, 0.2) is 5.96 Å². The molecule has 8 heteroatoms. The summed E-state index contributed by atoms with van der Waals surface area (Å²) in [5, 5.41) is 9.80. The van der Waals surface area contributed by atoms with E-state index in [1.807, 2.05) is 10.3 Å². The Morgan fingerprint density at radius 3 is 2.96 bits per heavy atom. The van der Waals surface area contributed by atoms with Crippen molar-refractivity contribution in [2.75, 3.05) is 25.0 Å². The maximum absolute atomic E-state index is 14.0. The van der Waals surface area contributed by atoms with Crippen LogP contribution in [0.1, 0.15) is 24.0 Å². The number of halogens is 2. The molecule has 0 aliphatic carbocycles. The molecule has 2 N–H and O–H groups in total. The van der Waals surface area contributed by atoms with Crippen LogP contribution in [0.3, 0.4) is 0 Å². The van der Waals surface area contributed by atoms with E-state index in [0.29, 0.717) is 31.3 Å². The third kappa shape index (κ3) is 4.49. The van der Waals surface area contributed by atoms with Gasteiger partial charge < -0.3 is 15.5 Å². The Labute approximate surface area is 156 Å². The van der Waals surface area contributed by atoms with E-state index in [0.717, 1.165) is 29.6 Å². The summed E-state index contributed by atoms with van der Waals surface area (Å²) in [6.07, 6.45) is 1.80. The molecule has 0 radical (unpaired) electrons. The normalized spacial score (nSPS) is 17.6. The smallest absolute Gasteiger partial charge is 0.191 e. The van der Waals surface area contributed by atoms with Crippen molar-refractivity contribution >= 4 is 23.0 Å². The monoisotopic (exact) mass is 379 g/mol. The third-order valence-electron chi connectivity index (χ3n) is 4.34. The first-order valence-corrected chi connectivity index (χ1v) is 9.57. The first kappa shape index (κ1) is 18.6. The highest BCUT2D eigenvalue weighted by molar-refractivity contribution is 7.09. The minimum Gasteiger partial charge on any atom is -0.367 e. The number of aromatic nitrogens is 1.